The normalized spacial score (nSPS) is 12.5. The van der Waals surface area contributed by atoms with Crippen LogP contribution in [-0.4, -0.2) is 41.7 Å². The van der Waals surface area contributed by atoms with Gasteiger partial charge in [-0.15, -0.1) is 6.58 Å². The molecule has 1 aromatic carbocycles. The molecule has 0 fully saturated rings. The number of ether oxygens (including phenoxy) is 1. The van der Waals surface area contributed by atoms with Crippen molar-refractivity contribution >= 4 is 17.9 Å². The molecule has 0 saturated heterocycles. The van der Waals surface area contributed by atoms with E-state index in [9.17, 15) is 19.5 Å². The number of rotatable bonds is 12. The largest absolute Gasteiger partial charge is 0.445 e. The maximum atomic E-state index is 11.9. The van der Waals surface area contributed by atoms with E-state index in [0.717, 1.165) is 5.56 Å². The zero-order valence-electron chi connectivity index (χ0n) is 15.2. The van der Waals surface area contributed by atoms with Crippen molar-refractivity contribution in [3.63, 3.8) is 0 Å². The SMILES string of the molecule is C=CCCC[C@H](NC(=O)C[C@@H](O)CNC(=O)OCc1ccccc1)C(N)=O. The summed E-state index contributed by atoms with van der Waals surface area (Å²) >= 11 is 0. The van der Waals surface area contributed by atoms with Crippen molar-refractivity contribution in [2.24, 2.45) is 5.73 Å². The van der Waals surface area contributed by atoms with Gasteiger partial charge in [-0.05, 0) is 24.8 Å². The number of primary amides is 1. The summed E-state index contributed by atoms with van der Waals surface area (Å²) in [5.74, 6) is -1.16. The molecule has 1 rings (SSSR count). The molecule has 0 radical (unpaired) electrons. The summed E-state index contributed by atoms with van der Waals surface area (Å²) in [6.45, 7) is 3.54. The first kappa shape index (κ1) is 22.2. The number of amides is 3. The van der Waals surface area contributed by atoms with Gasteiger partial charge in [-0.2, -0.15) is 0 Å². The number of carbonyl (C=O) groups excluding carboxylic acids is 3. The van der Waals surface area contributed by atoms with Crippen LogP contribution in [-0.2, 0) is 20.9 Å². The molecule has 0 bridgehead atoms. The molecule has 0 aromatic heterocycles. The standard InChI is InChI=1S/C19H27N3O5/c1-2-3-5-10-16(18(20)25)22-17(24)11-15(23)12-21-19(26)27-13-14-8-6-4-7-9-14/h2,4,6-9,15-16,23H,1,3,5,10-13H2,(H2,20,25)(H,21,26)(H,22,24)/t15-,16+/m1/s1. The van der Waals surface area contributed by atoms with Crippen molar-refractivity contribution in [1.82, 2.24) is 10.6 Å². The number of hydrogen-bond acceptors (Lipinski definition) is 5. The molecule has 0 spiro atoms. The molecule has 0 aliphatic carbocycles. The molecule has 8 heteroatoms. The van der Waals surface area contributed by atoms with Crippen LogP contribution in [0.4, 0.5) is 4.79 Å². The number of aliphatic hydroxyl groups is 1. The van der Waals surface area contributed by atoms with Crippen LogP contribution in [0, 0.1) is 0 Å². The third kappa shape index (κ3) is 10.0. The topological polar surface area (TPSA) is 131 Å². The van der Waals surface area contributed by atoms with Crippen molar-refractivity contribution in [2.45, 2.75) is 44.4 Å². The Morgan fingerprint density at radius 2 is 1.96 bits per heavy atom. The Hall–Kier alpha value is -2.87. The van der Waals surface area contributed by atoms with E-state index in [1.807, 2.05) is 30.3 Å². The molecule has 0 heterocycles. The Bertz CT molecular complexity index is 621. The zero-order valence-corrected chi connectivity index (χ0v) is 15.2. The van der Waals surface area contributed by atoms with Crippen molar-refractivity contribution in [1.29, 1.82) is 0 Å². The van der Waals surface area contributed by atoms with Crippen molar-refractivity contribution in [2.75, 3.05) is 6.54 Å². The fourth-order valence-corrected chi connectivity index (χ4v) is 2.27. The molecule has 3 amide bonds. The highest BCUT2D eigenvalue weighted by Crippen LogP contribution is 2.03. The van der Waals surface area contributed by atoms with Gasteiger partial charge in [0.05, 0.1) is 12.5 Å². The number of hydrogen-bond donors (Lipinski definition) is 4. The summed E-state index contributed by atoms with van der Waals surface area (Å²) < 4.78 is 5.00. The van der Waals surface area contributed by atoms with Crippen LogP contribution in [0.1, 0.15) is 31.2 Å². The molecule has 0 unspecified atom stereocenters. The van der Waals surface area contributed by atoms with Crippen LogP contribution in [0.15, 0.2) is 43.0 Å². The number of alkyl carbamates (subject to hydrolysis) is 1. The van der Waals surface area contributed by atoms with Gasteiger partial charge in [0, 0.05) is 6.54 Å². The van der Waals surface area contributed by atoms with Crippen LogP contribution in [0.3, 0.4) is 0 Å². The van der Waals surface area contributed by atoms with Crippen LogP contribution in [0.5, 0.6) is 0 Å². The fourth-order valence-electron chi connectivity index (χ4n) is 2.27. The van der Waals surface area contributed by atoms with Crippen LogP contribution in [0.2, 0.25) is 0 Å². The Morgan fingerprint density at radius 3 is 2.59 bits per heavy atom. The molecule has 27 heavy (non-hydrogen) atoms. The van der Waals surface area contributed by atoms with E-state index in [-0.39, 0.29) is 19.6 Å². The van der Waals surface area contributed by atoms with Crippen LogP contribution < -0.4 is 16.4 Å². The summed E-state index contributed by atoms with van der Waals surface area (Å²) in [7, 11) is 0. The van der Waals surface area contributed by atoms with Gasteiger partial charge in [-0.3, -0.25) is 9.59 Å². The molecule has 1 aromatic rings. The lowest BCUT2D eigenvalue weighted by Crippen LogP contribution is -2.46. The third-order valence-corrected chi connectivity index (χ3v) is 3.70. The fraction of sp³-hybridized carbons (Fsp3) is 0.421. The number of allylic oxidation sites excluding steroid dienone is 1. The van der Waals surface area contributed by atoms with Gasteiger partial charge in [0.15, 0.2) is 0 Å². The first-order valence-corrected chi connectivity index (χ1v) is 8.74. The Morgan fingerprint density at radius 1 is 1.26 bits per heavy atom. The maximum absolute atomic E-state index is 11.9. The van der Waals surface area contributed by atoms with Gasteiger partial charge in [-0.25, -0.2) is 4.79 Å². The lowest BCUT2D eigenvalue weighted by Gasteiger charge is -2.17. The van der Waals surface area contributed by atoms with Gasteiger partial charge >= 0.3 is 6.09 Å². The second kappa shape index (κ2) is 12.5. The number of nitrogens with one attached hydrogen (secondary N) is 2. The first-order chi connectivity index (χ1) is 12.9. The van der Waals surface area contributed by atoms with Gasteiger partial charge in [0.1, 0.15) is 12.6 Å². The van der Waals surface area contributed by atoms with E-state index in [0.29, 0.717) is 19.3 Å². The van der Waals surface area contributed by atoms with E-state index in [1.165, 1.54) is 0 Å². The Labute approximate surface area is 158 Å². The predicted molar refractivity (Wildman–Crippen MR) is 100 cm³/mol. The lowest BCUT2D eigenvalue weighted by atomic mass is 10.1. The minimum atomic E-state index is -1.11. The smallest absolute Gasteiger partial charge is 0.407 e. The highest BCUT2D eigenvalue weighted by molar-refractivity contribution is 5.86. The molecular formula is C19H27N3O5. The van der Waals surface area contributed by atoms with Gasteiger partial charge in [0.25, 0.3) is 0 Å². The minimum Gasteiger partial charge on any atom is -0.445 e. The molecule has 0 aliphatic rings. The van der Waals surface area contributed by atoms with Gasteiger partial charge < -0.3 is 26.2 Å². The summed E-state index contributed by atoms with van der Waals surface area (Å²) in [6, 6.07) is 8.35. The van der Waals surface area contributed by atoms with E-state index in [1.54, 1.807) is 6.08 Å². The minimum absolute atomic E-state index is 0.105. The molecular weight excluding hydrogens is 350 g/mol. The summed E-state index contributed by atoms with van der Waals surface area (Å²) in [5, 5.41) is 14.7. The Kier molecular flexibility index (Phi) is 10.2. The molecule has 0 saturated carbocycles. The highest BCUT2D eigenvalue weighted by Gasteiger charge is 2.19. The summed E-state index contributed by atoms with van der Waals surface area (Å²) in [4.78, 5) is 34.9. The number of unbranched alkanes of at least 4 members (excludes halogenated alkanes) is 1. The second-order valence-corrected chi connectivity index (χ2v) is 6.04. The van der Waals surface area contributed by atoms with Crippen molar-refractivity contribution in [3.8, 4) is 0 Å². The molecule has 0 aliphatic heterocycles. The van der Waals surface area contributed by atoms with E-state index in [4.69, 9.17) is 10.5 Å². The summed E-state index contributed by atoms with van der Waals surface area (Å²) in [5.41, 5.74) is 6.10. The van der Waals surface area contributed by atoms with Crippen LogP contribution in [0.25, 0.3) is 0 Å². The van der Waals surface area contributed by atoms with Crippen LogP contribution >= 0.6 is 0 Å². The van der Waals surface area contributed by atoms with E-state index < -0.39 is 30.1 Å². The van der Waals surface area contributed by atoms with Gasteiger partial charge in [0.2, 0.25) is 11.8 Å². The average Bonchev–Trinajstić information content (AvgIpc) is 2.64. The third-order valence-electron chi connectivity index (χ3n) is 3.70. The Balaban J connectivity index is 2.28. The van der Waals surface area contributed by atoms with Crippen molar-refractivity contribution < 1.29 is 24.2 Å². The van der Waals surface area contributed by atoms with E-state index in [2.05, 4.69) is 17.2 Å². The highest BCUT2D eigenvalue weighted by atomic mass is 16.5. The number of carbonyl (C=O) groups is 3. The second-order valence-electron chi connectivity index (χ2n) is 6.04. The quantitative estimate of drug-likeness (QED) is 0.319. The summed E-state index contributed by atoms with van der Waals surface area (Å²) in [6.07, 6.45) is 1.39. The maximum Gasteiger partial charge on any atom is 0.407 e. The number of aliphatic hydroxyl groups excluding tert-OH is 1. The van der Waals surface area contributed by atoms with Crippen molar-refractivity contribution in [3.05, 3.63) is 48.6 Å². The number of nitrogens with two attached hydrogens (primary N) is 1. The lowest BCUT2D eigenvalue weighted by molar-refractivity contribution is -0.128. The van der Waals surface area contributed by atoms with E-state index >= 15 is 0 Å². The first-order valence-electron chi connectivity index (χ1n) is 8.74. The molecule has 2 atom stereocenters. The molecule has 5 N–H and O–H groups in total. The number of benzene rings is 1. The average molecular weight is 377 g/mol. The predicted octanol–water partition coefficient (Wildman–Crippen LogP) is 0.990. The molecule has 8 nitrogen and oxygen atoms in total. The molecule has 148 valence electrons. The van der Waals surface area contributed by atoms with Gasteiger partial charge in [-0.1, -0.05) is 36.4 Å². The monoisotopic (exact) mass is 377 g/mol. The zero-order chi connectivity index (χ0) is 20.1.